The third-order valence-corrected chi connectivity index (χ3v) is 3.87. The van der Waals surface area contributed by atoms with Crippen LogP contribution >= 0.6 is 27.5 Å². The van der Waals surface area contributed by atoms with E-state index in [1.807, 2.05) is 6.07 Å². The summed E-state index contributed by atoms with van der Waals surface area (Å²) < 4.78 is 6.03. The van der Waals surface area contributed by atoms with Crippen molar-refractivity contribution in [2.75, 3.05) is 18.9 Å². The van der Waals surface area contributed by atoms with E-state index in [1.165, 1.54) is 0 Å². The van der Waals surface area contributed by atoms with Crippen LogP contribution in [-0.2, 0) is 4.74 Å². The fourth-order valence-corrected chi connectivity index (χ4v) is 1.94. The number of nitrogens with one attached hydrogen (secondary N) is 2. The predicted octanol–water partition coefficient (Wildman–Crippen LogP) is 2.80. The van der Waals surface area contributed by atoms with Crippen molar-refractivity contribution in [3.05, 3.63) is 21.9 Å². The van der Waals surface area contributed by atoms with Gasteiger partial charge >= 0.3 is 6.09 Å². The Morgan fingerprint density at radius 1 is 1.67 bits per heavy atom. The van der Waals surface area contributed by atoms with Gasteiger partial charge in [0.1, 0.15) is 10.8 Å². The first-order valence-corrected chi connectivity index (χ1v) is 6.67. The number of carbonyl (C=O) groups excluding carboxylic acids is 1. The van der Waals surface area contributed by atoms with Crippen molar-refractivity contribution >= 4 is 39.3 Å². The first kappa shape index (κ1) is 13.4. The number of alkyl carbamates (subject to hydrolysis) is 1. The van der Waals surface area contributed by atoms with E-state index in [0.29, 0.717) is 11.7 Å². The molecule has 5 nitrogen and oxygen atoms in total. The highest BCUT2D eigenvalue weighted by Crippen LogP contribution is 2.39. The van der Waals surface area contributed by atoms with Crippen LogP contribution in [0, 0.1) is 0 Å². The maximum atomic E-state index is 11.2. The zero-order valence-electron chi connectivity index (χ0n) is 9.80. The monoisotopic (exact) mass is 333 g/mol. The number of pyridine rings is 1. The lowest BCUT2D eigenvalue weighted by atomic mass is 10.3. The molecule has 1 aliphatic carbocycles. The Kier molecular flexibility index (Phi) is 3.97. The minimum atomic E-state index is -0.398. The second kappa shape index (κ2) is 5.32. The summed E-state index contributed by atoms with van der Waals surface area (Å²) in [4.78, 5) is 15.2. The maximum absolute atomic E-state index is 11.2. The predicted molar refractivity (Wildman–Crippen MR) is 72.9 cm³/mol. The molecule has 0 saturated heterocycles. The van der Waals surface area contributed by atoms with Crippen molar-refractivity contribution in [2.24, 2.45) is 0 Å². The van der Waals surface area contributed by atoms with Gasteiger partial charge in [0.25, 0.3) is 0 Å². The van der Waals surface area contributed by atoms with Gasteiger partial charge in [-0.3, -0.25) is 0 Å². The van der Waals surface area contributed by atoms with E-state index in [1.54, 1.807) is 13.2 Å². The zero-order valence-corrected chi connectivity index (χ0v) is 12.1. The molecule has 1 fully saturated rings. The van der Waals surface area contributed by atoms with Crippen molar-refractivity contribution < 1.29 is 9.53 Å². The molecule has 1 heterocycles. The summed E-state index contributed by atoms with van der Waals surface area (Å²) in [6.07, 6.45) is 2.98. The molecule has 98 valence electrons. The van der Waals surface area contributed by atoms with E-state index in [-0.39, 0.29) is 5.60 Å². The topological polar surface area (TPSA) is 63.2 Å². The number of ether oxygens (including phenoxy) is 1. The number of anilines is 1. The Morgan fingerprint density at radius 3 is 2.94 bits per heavy atom. The Balaban J connectivity index is 1.91. The lowest BCUT2D eigenvalue weighted by Gasteiger charge is -2.17. The van der Waals surface area contributed by atoms with Crippen LogP contribution in [0.2, 0.25) is 5.15 Å². The van der Waals surface area contributed by atoms with E-state index in [4.69, 9.17) is 16.3 Å². The van der Waals surface area contributed by atoms with Crippen LogP contribution in [0.4, 0.5) is 10.5 Å². The van der Waals surface area contributed by atoms with Crippen molar-refractivity contribution in [2.45, 2.75) is 18.4 Å². The molecule has 0 aliphatic heterocycles. The SMILES string of the molecule is CNC(=O)OC1(CNc2cnc(Cl)c(Br)c2)CC1. The number of amides is 1. The Hall–Kier alpha value is -1.01. The standard InChI is InChI=1S/C11H13BrClN3O2/c1-14-10(17)18-11(2-3-11)6-16-7-4-8(12)9(13)15-5-7/h4-5,16H,2-3,6H2,1H3,(H,14,17). The molecule has 7 heteroatoms. The van der Waals surface area contributed by atoms with E-state index in [2.05, 4.69) is 31.5 Å². The van der Waals surface area contributed by atoms with Crippen molar-refractivity contribution in [3.8, 4) is 0 Å². The van der Waals surface area contributed by atoms with Crippen LogP contribution in [0.3, 0.4) is 0 Å². The van der Waals surface area contributed by atoms with Gasteiger partial charge in [0.15, 0.2) is 0 Å². The third kappa shape index (κ3) is 3.26. The van der Waals surface area contributed by atoms with E-state index in [0.717, 1.165) is 23.0 Å². The molecule has 0 radical (unpaired) electrons. The molecule has 2 N–H and O–H groups in total. The average Bonchev–Trinajstić information content (AvgIpc) is 3.11. The maximum Gasteiger partial charge on any atom is 0.407 e. The van der Waals surface area contributed by atoms with Gasteiger partial charge in [0.05, 0.1) is 22.9 Å². The largest absolute Gasteiger partial charge is 0.441 e. The molecule has 1 amide bonds. The summed E-state index contributed by atoms with van der Waals surface area (Å²) in [6.45, 7) is 0.566. The molecule has 0 aromatic carbocycles. The van der Waals surface area contributed by atoms with Crippen LogP contribution in [0.5, 0.6) is 0 Å². The highest BCUT2D eigenvalue weighted by atomic mass is 79.9. The number of hydrogen-bond acceptors (Lipinski definition) is 4. The van der Waals surface area contributed by atoms with Gasteiger partial charge in [0.2, 0.25) is 0 Å². The highest BCUT2D eigenvalue weighted by Gasteiger charge is 2.46. The first-order chi connectivity index (χ1) is 8.54. The highest BCUT2D eigenvalue weighted by molar-refractivity contribution is 9.10. The summed E-state index contributed by atoms with van der Waals surface area (Å²) in [7, 11) is 1.55. The molecule has 0 unspecified atom stereocenters. The lowest BCUT2D eigenvalue weighted by molar-refractivity contribution is 0.0916. The summed E-state index contributed by atoms with van der Waals surface area (Å²) in [5.74, 6) is 0. The molecule has 1 aromatic rings. The van der Waals surface area contributed by atoms with E-state index in [9.17, 15) is 4.79 Å². The van der Waals surface area contributed by atoms with Crippen LogP contribution in [0.15, 0.2) is 16.7 Å². The first-order valence-electron chi connectivity index (χ1n) is 5.50. The van der Waals surface area contributed by atoms with Crippen LogP contribution in [0.1, 0.15) is 12.8 Å². The van der Waals surface area contributed by atoms with Gasteiger partial charge in [-0.1, -0.05) is 11.6 Å². The van der Waals surface area contributed by atoms with Gasteiger partial charge in [-0.05, 0) is 34.8 Å². The van der Waals surface area contributed by atoms with Gasteiger partial charge in [-0.15, -0.1) is 0 Å². The zero-order chi connectivity index (χ0) is 13.2. The second-order valence-corrected chi connectivity index (χ2v) is 5.39. The van der Waals surface area contributed by atoms with Crippen molar-refractivity contribution in [1.29, 1.82) is 0 Å². The molecule has 2 rings (SSSR count). The lowest BCUT2D eigenvalue weighted by Crippen LogP contribution is -2.32. The summed E-state index contributed by atoms with van der Waals surface area (Å²) in [6, 6.07) is 1.84. The average molecular weight is 335 g/mol. The number of aromatic nitrogens is 1. The van der Waals surface area contributed by atoms with Crippen molar-refractivity contribution in [3.63, 3.8) is 0 Å². The minimum Gasteiger partial charge on any atom is -0.441 e. The molecule has 0 atom stereocenters. The second-order valence-electron chi connectivity index (χ2n) is 4.17. The molecule has 0 spiro atoms. The van der Waals surface area contributed by atoms with Crippen LogP contribution in [0.25, 0.3) is 0 Å². The van der Waals surface area contributed by atoms with Gasteiger partial charge in [-0.25, -0.2) is 9.78 Å². The molecule has 1 aliphatic rings. The number of halogens is 2. The minimum absolute atomic E-state index is 0.383. The Morgan fingerprint density at radius 2 is 2.39 bits per heavy atom. The summed E-state index contributed by atoms with van der Waals surface area (Å²) >= 11 is 9.11. The number of nitrogens with zero attached hydrogens (tertiary/aromatic N) is 1. The van der Waals surface area contributed by atoms with Gasteiger partial charge in [0, 0.05) is 7.05 Å². The van der Waals surface area contributed by atoms with Crippen LogP contribution < -0.4 is 10.6 Å². The van der Waals surface area contributed by atoms with E-state index < -0.39 is 6.09 Å². The molecular weight excluding hydrogens is 321 g/mol. The normalized spacial score (nSPS) is 15.9. The number of rotatable bonds is 4. The summed E-state index contributed by atoms with van der Waals surface area (Å²) in [5.41, 5.74) is 0.449. The fourth-order valence-electron chi connectivity index (χ4n) is 1.48. The molecule has 1 saturated carbocycles. The van der Waals surface area contributed by atoms with E-state index >= 15 is 0 Å². The number of hydrogen-bond donors (Lipinski definition) is 2. The molecular formula is C11H13BrClN3O2. The molecule has 1 aromatic heterocycles. The molecule has 18 heavy (non-hydrogen) atoms. The van der Waals surface area contributed by atoms with Gasteiger partial charge < -0.3 is 15.4 Å². The van der Waals surface area contributed by atoms with Crippen LogP contribution in [-0.4, -0.2) is 30.3 Å². The summed E-state index contributed by atoms with van der Waals surface area (Å²) in [5, 5.41) is 6.06. The Bertz CT molecular complexity index is 466. The number of carbonyl (C=O) groups is 1. The smallest absolute Gasteiger partial charge is 0.407 e. The fraction of sp³-hybridized carbons (Fsp3) is 0.455. The quantitative estimate of drug-likeness (QED) is 0.831. The molecule has 0 bridgehead atoms. The van der Waals surface area contributed by atoms with Crippen molar-refractivity contribution in [1.82, 2.24) is 10.3 Å². The third-order valence-electron chi connectivity index (χ3n) is 2.73. The Labute approximate surface area is 118 Å². The van der Waals surface area contributed by atoms with Gasteiger partial charge in [-0.2, -0.15) is 0 Å².